The molecule has 10 nitrogen and oxygen atoms in total. The largest absolute Gasteiger partial charge is 0.871 e. The van der Waals surface area contributed by atoms with Crippen molar-refractivity contribution in [3.63, 3.8) is 0 Å². The molecule has 0 radical (unpaired) electrons. The van der Waals surface area contributed by atoms with Crippen LogP contribution in [0.4, 0.5) is 11.4 Å². The highest BCUT2D eigenvalue weighted by molar-refractivity contribution is 7.94. The Hall–Kier alpha value is -2.94. The number of allylic oxidation sites excluding steroid dienone is 5. The maximum atomic E-state index is 13.4. The molecule has 0 bridgehead atoms. The van der Waals surface area contributed by atoms with E-state index >= 15 is 0 Å². The number of hydrogen-bond acceptors (Lipinski definition) is 11. The van der Waals surface area contributed by atoms with E-state index in [1.165, 1.54) is 0 Å². The maximum absolute atomic E-state index is 13.4. The number of fused-ring (bicyclic) bond motifs is 2. The highest BCUT2D eigenvalue weighted by Gasteiger charge is 2.46. The molecule has 0 spiro atoms. The summed E-state index contributed by atoms with van der Waals surface area (Å²) in [5, 5.41) is 41.1. The molecule has 0 saturated heterocycles. The molecule has 0 atom stereocenters. The van der Waals surface area contributed by atoms with E-state index in [9.17, 15) is 20.4 Å². The van der Waals surface area contributed by atoms with Gasteiger partial charge in [0.1, 0.15) is 12.0 Å². The van der Waals surface area contributed by atoms with E-state index in [-0.39, 0.29) is 34.4 Å². The average molecular weight is 583 g/mol. The van der Waals surface area contributed by atoms with Crippen molar-refractivity contribution in [2.45, 2.75) is 38.5 Å². The van der Waals surface area contributed by atoms with E-state index in [1.54, 1.807) is 12.2 Å². The van der Waals surface area contributed by atoms with Crippen LogP contribution in [0.1, 0.15) is 38.8 Å². The van der Waals surface area contributed by atoms with Crippen LogP contribution in [0.15, 0.2) is 83.3 Å². The Balaban J connectivity index is 1.54. The number of rotatable bonds is 10. The minimum Gasteiger partial charge on any atom is -0.871 e. The molecule has 12 heteroatoms. The van der Waals surface area contributed by atoms with Crippen LogP contribution in [0.3, 0.4) is 0 Å². The van der Waals surface area contributed by atoms with Gasteiger partial charge in [0.05, 0.1) is 23.3 Å². The summed E-state index contributed by atoms with van der Waals surface area (Å²) in [6.07, 6.45) is 3.26. The van der Waals surface area contributed by atoms with Crippen molar-refractivity contribution in [3.05, 3.63) is 94.4 Å². The fraction of sp³-hybridized carbons (Fsp3) is 0.286. The molecule has 0 aromatic heterocycles. The Morgan fingerprint density at radius 2 is 1.55 bits per heavy atom. The smallest absolute Gasteiger partial charge is 0.223 e. The number of anilines is 1. The first-order chi connectivity index (χ1) is 19.1. The van der Waals surface area contributed by atoms with Crippen molar-refractivity contribution < 1.29 is 43.7 Å². The van der Waals surface area contributed by atoms with Gasteiger partial charge in [0.25, 0.3) is 0 Å². The fourth-order valence-electron chi connectivity index (χ4n) is 5.64. The Morgan fingerprint density at radius 1 is 0.900 bits per heavy atom. The van der Waals surface area contributed by atoms with Crippen LogP contribution in [0.2, 0.25) is 0 Å². The number of benzene rings is 2. The monoisotopic (exact) mass is 582 g/mol. The number of para-hydroxylation sites is 2. The lowest BCUT2D eigenvalue weighted by molar-refractivity contribution is -0.777. The normalized spacial score (nSPS) is 20.9. The van der Waals surface area contributed by atoms with Crippen molar-refractivity contribution in [2.75, 3.05) is 16.7 Å². The Bertz CT molecular complexity index is 1480. The molecule has 40 heavy (non-hydrogen) atoms. The van der Waals surface area contributed by atoms with Crippen LogP contribution in [0.25, 0.3) is 0 Å². The number of Topliss-reactive ketones (excluding diaryl/α,β-unsaturated/α-hetero) is 1. The molecule has 2 heterocycles. The molecule has 0 N–H and O–H groups in total. The van der Waals surface area contributed by atoms with Crippen molar-refractivity contribution in [1.29, 1.82) is 0 Å². The third kappa shape index (κ3) is 4.70. The first-order valence-electron chi connectivity index (χ1n) is 12.3. The summed E-state index contributed by atoms with van der Waals surface area (Å²) in [5.74, 6) is -0.304. The molecule has 1 aliphatic carbocycles. The van der Waals surface area contributed by atoms with E-state index < -0.39 is 10.8 Å². The number of hydrogen-bond donors (Lipinski definition) is 0. The third-order valence-electron chi connectivity index (χ3n) is 7.65. The predicted molar refractivity (Wildman–Crippen MR) is 144 cm³/mol. The van der Waals surface area contributed by atoms with Crippen LogP contribution in [0, 0.1) is 0 Å². The maximum Gasteiger partial charge on any atom is 0.223 e. The van der Waals surface area contributed by atoms with E-state index in [4.69, 9.17) is 0 Å². The zero-order valence-electron chi connectivity index (χ0n) is 22.2. The van der Waals surface area contributed by atoms with E-state index in [0.29, 0.717) is 0 Å². The lowest BCUT2D eigenvalue weighted by Gasteiger charge is -2.32. The molecule has 5 rings (SSSR count). The van der Waals surface area contributed by atoms with Gasteiger partial charge in [0.15, 0.2) is 11.5 Å². The number of nitrogens with zero attached hydrogens (tertiary/aromatic N) is 2. The van der Waals surface area contributed by atoms with E-state index in [1.807, 2.05) is 85.7 Å². The molecule has 210 valence electrons. The van der Waals surface area contributed by atoms with Crippen LogP contribution >= 0.6 is 24.1 Å². The summed E-state index contributed by atoms with van der Waals surface area (Å²) in [4.78, 5) is 15.3. The Morgan fingerprint density at radius 3 is 2.25 bits per heavy atom. The van der Waals surface area contributed by atoms with Crippen LogP contribution in [-0.4, -0.2) is 27.8 Å². The molecule has 0 unspecified atom stereocenters. The molecular weight excluding hydrogens is 556 g/mol. The highest BCUT2D eigenvalue weighted by atomic mass is 32.2. The molecule has 0 fully saturated rings. The molecule has 2 aromatic rings. The van der Waals surface area contributed by atoms with Gasteiger partial charge in [-0.05, 0) is 31.6 Å². The summed E-state index contributed by atoms with van der Waals surface area (Å²) < 4.78 is 10.9. The van der Waals surface area contributed by atoms with E-state index in [2.05, 4.69) is 18.7 Å². The molecular formula is C28H26N2O8S2-2. The van der Waals surface area contributed by atoms with Gasteiger partial charge in [0.2, 0.25) is 11.6 Å². The van der Waals surface area contributed by atoms with Gasteiger partial charge >= 0.3 is 0 Å². The topological polar surface area (TPSA) is 129 Å². The molecule has 3 aliphatic rings. The molecule has 2 aliphatic heterocycles. The van der Waals surface area contributed by atoms with Gasteiger partial charge in [-0.25, -0.2) is 0 Å². The van der Waals surface area contributed by atoms with Gasteiger partial charge in [0, 0.05) is 45.7 Å². The first kappa shape index (κ1) is 28.6. The Kier molecular flexibility index (Phi) is 7.97. The summed E-state index contributed by atoms with van der Waals surface area (Å²) in [6.45, 7) is 8.04. The van der Waals surface area contributed by atoms with Crippen molar-refractivity contribution >= 4 is 47.0 Å². The third-order valence-corrected chi connectivity index (χ3v) is 8.69. The zero-order chi connectivity index (χ0) is 28.7. The van der Waals surface area contributed by atoms with Crippen molar-refractivity contribution in [2.24, 2.45) is 0 Å². The lowest BCUT2D eigenvalue weighted by Crippen LogP contribution is -2.35. The predicted octanol–water partition coefficient (Wildman–Crippen LogP) is 2.53. The van der Waals surface area contributed by atoms with Crippen LogP contribution in [-0.2, 0) is 34.4 Å². The zero-order valence-corrected chi connectivity index (χ0v) is 23.8. The van der Waals surface area contributed by atoms with Crippen LogP contribution in [0.5, 0.6) is 0 Å². The van der Waals surface area contributed by atoms with Crippen molar-refractivity contribution in [3.8, 4) is 0 Å². The van der Waals surface area contributed by atoms with Gasteiger partial charge in [-0.2, -0.15) is 13.2 Å². The minimum atomic E-state index is -0.524. The van der Waals surface area contributed by atoms with Gasteiger partial charge in [-0.15, -0.1) is 0 Å². The van der Waals surface area contributed by atoms with Gasteiger partial charge < -0.3 is 20.5 Å². The van der Waals surface area contributed by atoms with Gasteiger partial charge in [-0.3, -0.25) is 14.9 Å². The standard InChI is InChI=1S/C28H28N2O8S2/c1-27(2)19-9-5-7-11-21(19)29(15-39-37-35-33)23(27)13-17-25(31)18(26(17)32)14-24-28(3,4)20-10-6-8-12-22(20)30(24)16-40-38-36-34/h5-14H,15-16H2,1-4H3,(H2-,31,33,34)/p-2. The lowest BCUT2D eigenvalue weighted by atomic mass is 9.77. The van der Waals surface area contributed by atoms with Gasteiger partial charge in [-0.1, -0.05) is 56.0 Å². The van der Waals surface area contributed by atoms with Crippen molar-refractivity contribution in [1.82, 2.24) is 0 Å². The van der Waals surface area contributed by atoms with Crippen LogP contribution < -0.4 is 20.5 Å². The summed E-state index contributed by atoms with van der Waals surface area (Å²) >= 11 is 1.61. The first-order valence-corrected chi connectivity index (χ1v) is 14.1. The molecule has 2 aromatic carbocycles. The molecule has 0 saturated carbocycles. The Labute approximate surface area is 239 Å². The second-order valence-electron chi connectivity index (χ2n) is 10.5. The number of ketones is 1. The summed E-state index contributed by atoms with van der Waals surface area (Å²) in [6, 6.07) is 15.5. The quantitative estimate of drug-likeness (QED) is 0.102. The fourth-order valence-corrected chi connectivity index (χ4v) is 6.57. The molecule has 0 amide bonds. The minimum absolute atomic E-state index is 0.0797. The average Bonchev–Trinajstić information content (AvgIpc) is 3.29. The summed E-state index contributed by atoms with van der Waals surface area (Å²) in [5.41, 5.74) is 4.35. The number of carbonyl (C=O) groups excluding carboxylic acids is 1. The summed E-state index contributed by atoms with van der Waals surface area (Å²) in [7, 11) is 0. The number of carbonyl (C=O) groups is 1. The second kappa shape index (κ2) is 11.1. The second-order valence-corrected chi connectivity index (χ2v) is 11.7. The van der Waals surface area contributed by atoms with E-state index in [0.717, 1.165) is 58.0 Å². The SMILES string of the molecule is CC1(C)C(C=C2C(=O)C(/C=C3/N(CSOO[O-])c4ccccc4C3(C)C)=C2[O-])=[N+](CSOO[O-])c2ccccc21. The highest BCUT2D eigenvalue weighted by Crippen LogP contribution is 2.49.